The van der Waals surface area contributed by atoms with E-state index in [0.29, 0.717) is 35.6 Å². The summed E-state index contributed by atoms with van der Waals surface area (Å²) in [4.78, 5) is 37.6. The number of thiazole rings is 1. The Bertz CT molecular complexity index is 1140. The van der Waals surface area contributed by atoms with Gasteiger partial charge >= 0.3 is 6.03 Å². The molecule has 3 amide bonds. The van der Waals surface area contributed by atoms with Crippen molar-refractivity contribution in [1.82, 2.24) is 20.2 Å². The standard InChI is InChI=1S/C23H25N7O2S/c24-20(31)19-21(27-18-9-3-4-10-25-18)33-23(28-19)29-11-5-8-17(14-29)26-22(32)30-12-15-6-1-2-7-16(15)13-30/h1-4,6-7,9-10,17H,5,8,11-14H2,(H2,24,31)(H,25,27)(H,26,32). The highest BCUT2D eigenvalue weighted by Crippen LogP contribution is 2.34. The number of benzene rings is 1. The maximum atomic E-state index is 12.9. The molecule has 4 heterocycles. The van der Waals surface area contributed by atoms with Gasteiger partial charge in [0.15, 0.2) is 10.8 Å². The van der Waals surface area contributed by atoms with Gasteiger partial charge in [-0.25, -0.2) is 14.8 Å². The van der Waals surface area contributed by atoms with Gasteiger partial charge in [0.2, 0.25) is 0 Å². The minimum absolute atomic E-state index is 0.00286. The van der Waals surface area contributed by atoms with Crippen molar-refractivity contribution < 1.29 is 9.59 Å². The molecule has 1 saturated heterocycles. The average molecular weight is 464 g/mol. The van der Waals surface area contributed by atoms with E-state index in [-0.39, 0.29) is 17.8 Å². The fourth-order valence-corrected chi connectivity index (χ4v) is 5.27. The van der Waals surface area contributed by atoms with E-state index >= 15 is 0 Å². The van der Waals surface area contributed by atoms with Crippen molar-refractivity contribution in [3.05, 3.63) is 65.5 Å². The van der Waals surface area contributed by atoms with Gasteiger partial charge in [0, 0.05) is 38.4 Å². The van der Waals surface area contributed by atoms with Crippen molar-refractivity contribution in [2.75, 3.05) is 23.3 Å². The highest BCUT2D eigenvalue weighted by Gasteiger charge is 2.29. The average Bonchev–Trinajstić information content (AvgIpc) is 3.45. The van der Waals surface area contributed by atoms with Gasteiger partial charge in [0.25, 0.3) is 5.91 Å². The van der Waals surface area contributed by atoms with Crippen LogP contribution in [-0.2, 0) is 13.1 Å². The number of pyridine rings is 1. The number of nitrogens with two attached hydrogens (primary N) is 1. The molecular weight excluding hydrogens is 438 g/mol. The molecule has 0 aliphatic carbocycles. The van der Waals surface area contributed by atoms with Crippen LogP contribution in [0.2, 0.25) is 0 Å². The molecule has 0 spiro atoms. The van der Waals surface area contributed by atoms with Gasteiger partial charge in [-0.05, 0) is 36.1 Å². The number of anilines is 3. The molecule has 0 radical (unpaired) electrons. The number of nitrogens with one attached hydrogen (secondary N) is 2. The highest BCUT2D eigenvalue weighted by atomic mass is 32.1. The molecule has 10 heteroatoms. The summed E-state index contributed by atoms with van der Waals surface area (Å²) in [6, 6.07) is 13.6. The number of rotatable bonds is 5. The molecule has 2 aliphatic heterocycles. The lowest BCUT2D eigenvalue weighted by Gasteiger charge is -2.33. The van der Waals surface area contributed by atoms with Crippen molar-refractivity contribution >= 4 is 39.2 Å². The number of fused-ring (bicyclic) bond motifs is 1. The third kappa shape index (κ3) is 4.61. The van der Waals surface area contributed by atoms with E-state index in [1.807, 2.05) is 35.2 Å². The van der Waals surface area contributed by atoms with Gasteiger partial charge in [-0.2, -0.15) is 0 Å². The van der Waals surface area contributed by atoms with Crippen molar-refractivity contribution in [3.63, 3.8) is 0 Å². The number of amides is 3. The summed E-state index contributed by atoms with van der Waals surface area (Å²) >= 11 is 1.37. The van der Waals surface area contributed by atoms with E-state index in [1.165, 1.54) is 22.5 Å². The minimum atomic E-state index is -0.591. The second-order valence-electron chi connectivity index (χ2n) is 8.24. The van der Waals surface area contributed by atoms with Crippen LogP contribution in [-0.4, -0.2) is 45.9 Å². The topological polar surface area (TPSA) is 116 Å². The van der Waals surface area contributed by atoms with Crippen molar-refractivity contribution in [2.24, 2.45) is 5.73 Å². The van der Waals surface area contributed by atoms with E-state index in [2.05, 4.69) is 37.6 Å². The maximum absolute atomic E-state index is 12.9. The van der Waals surface area contributed by atoms with Gasteiger partial charge in [-0.15, -0.1) is 0 Å². The Balaban J connectivity index is 1.25. The van der Waals surface area contributed by atoms with E-state index < -0.39 is 5.91 Å². The van der Waals surface area contributed by atoms with Gasteiger partial charge in [-0.3, -0.25) is 4.79 Å². The number of piperidine rings is 1. The molecule has 3 aromatic rings. The molecule has 33 heavy (non-hydrogen) atoms. The largest absolute Gasteiger partial charge is 0.364 e. The van der Waals surface area contributed by atoms with Crippen molar-refractivity contribution in [1.29, 1.82) is 0 Å². The number of hydrogen-bond acceptors (Lipinski definition) is 7. The van der Waals surface area contributed by atoms with Crippen LogP contribution in [0.1, 0.15) is 34.5 Å². The lowest BCUT2D eigenvalue weighted by molar-refractivity contribution is 0.0997. The first-order chi connectivity index (χ1) is 16.1. The molecule has 2 aliphatic rings. The molecule has 1 unspecified atom stereocenters. The van der Waals surface area contributed by atoms with Crippen LogP contribution in [0.5, 0.6) is 0 Å². The lowest BCUT2D eigenvalue weighted by atomic mass is 10.1. The van der Waals surface area contributed by atoms with E-state index in [4.69, 9.17) is 5.73 Å². The summed E-state index contributed by atoms with van der Waals surface area (Å²) in [5, 5.41) is 7.60. The summed E-state index contributed by atoms with van der Waals surface area (Å²) in [5.74, 6) is 0.0250. The zero-order chi connectivity index (χ0) is 22.8. The number of urea groups is 1. The minimum Gasteiger partial charge on any atom is -0.364 e. The summed E-state index contributed by atoms with van der Waals surface area (Å²) in [6.45, 7) is 2.70. The zero-order valence-electron chi connectivity index (χ0n) is 18.0. The first-order valence-corrected chi connectivity index (χ1v) is 11.7. The Hall–Kier alpha value is -3.66. The van der Waals surface area contributed by atoms with Crippen LogP contribution in [0.4, 0.5) is 20.7 Å². The van der Waals surface area contributed by atoms with Crippen molar-refractivity contribution in [3.8, 4) is 0 Å². The number of hydrogen-bond donors (Lipinski definition) is 3. The van der Waals surface area contributed by atoms with Crippen LogP contribution < -0.4 is 21.3 Å². The first kappa shape index (κ1) is 21.2. The number of carbonyl (C=O) groups excluding carboxylic acids is 2. The second kappa shape index (κ2) is 9.07. The number of aromatic nitrogens is 2. The maximum Gasteiger partial charge on any atom is 0.318 e. The molecule has 0 saturated carbocycles. The predicted molar refractivity (Wildman–Crippen MR) is 128 cm³/mol. The third-order valence-electron chi connectivity index (χ3n) is 5.90. The molecular formula is C23H25N7O2S. The second-order valence-corrected chi connectivity index (χ2v) is 9.22. The predicted octanol–water partition coefficient (Wildman–Crippen LogP) is 3.07. The molecule has 0 bridgehead atoms. The molecule has 4 N–H and O–H groups in total. The Labute approximate surface area is 195 Å². The fourth-order valence-electron chi connectivity index (χ4n) is 4.26. The number of primary amides is 1. The van der Waals surface area contributed by atoms with Crippen LogP contribution >= 0.6 is 11.3 Å². The van der Waals surface area contributed by atoms with E-state index in [0.717, 1.165) is 19.4 Å². The smallest absolute Gasteiger partial charge is 0.318 e. The zero-order valence-corrected chi connectivity index (χ0v) is 18.8. The summed E-state index contributed by atoms with van der Waals surface area (Å²) in [7, 11) is 0. The highest BCUT2D eigenvalue weighted by molar-refractivity contribution is 7.20. The fraction of sp³-hybridized carbons (Fsp3) is 0.304. The van der Waals surface area contributed by atoms with Crippen molar-refractivity contribution in [2.45, 2.75) is 32.0 Å². The van der Waals surface area contributed by atoms with Gasteiger partial charge in [0.1, 0.15) is 10.8 Å². The van der Waals surface area contributed by atoms with E-state index in [9.17, 15) is 9.59 Å². The molecule has 5 rings (SSSR count). The molecule has 170 valence electrons. The number of carbonyl (C=O) groups is 2. The summed E-state index contributed by atoms with van der Waals surface area (Å²) < 4.78 is 0. The van der Waals surface area contributed by atoms with Gasteiger partial charge in [0.05, 0.1) is 0 Å². The SMILES string of the molecule is NC(=O)c1nc(N2CCCC(NC(=O)N3Cc4ccccc4C3)C2)sc1Nc1ccccn1. The molecule has 1 aromatic carbocycles. The van der Waals surface area contributed by atoms with E-state index in [1.54, 1.807) is 6.20 Å². The monoisotopic (exact) mass is 463 g/mol. The normalized spacial score (nSPS) is 17.5. The molecule has 2 aromatic heterocycles. The lowest BCUT2D eigenvalue weighted by Crippen LogP contribution is -2.50. The van der Waals surface area contributed by atoms with Crippen LogP contribution in [0.3, 0.4) is 0 Å². The molecule has 1 atom stereocenters. The Morgan fingerprint density at radius 2 is 1.85 bits per heavy atom. The molecule has 9 nitrogen and oxygen atoms in total. The third-order valence-corrected chi connectivity index (χ3v) is 6.93. The Morgan fingerprint density at radius 3 is 2.55 bits per heavy atom. The van der Waals surface area contributed by atoms with Crippen LogP contribution in [0, 0.1) is 0 Å². The van der Waals surface area contributed by atoms with Crippen LogP contribution in [0.15, 0.2) is 48.7 Å². The summed E-state index contributed by atoms with van der Waals surface area (Å²) in [6.07, 6.45) is 3.49. The molecule has 1 fully saturated rings. The Kier molecular flexibility index (Phi) is 5.82. The van der Waals surface area contributed by atoms with Crippen LogP contribution in [0.25, 0.3) is 0 Å². The number of nitrogens with zero attached hydrogens (tertiary/aromatic N) is 4. The first-order valence-electron chi connectivity index (χ1n) is 10.9. The van der Waals surface area contributed by atoms with Gasteiger partial charge in [-0.1, -0.05) is 41.7 Å². The quantitative estimate of drug-likeness (QED) is 0.535. The van der Waals surface area contributed by atoms with Gasteiger partial charge < -0.3 is 26.2 Å². The Morgan fingerprint density at radius 1 is 1.09 bits per heavy atom. The summed E-state index contributed by atoms with van der Waals surface area (Å²) in [5.41, 5.74) is 8.17.